The molecule has 1 unspecified atom stereocenters. The third-order valence-corrected chi connectivity index (χ3v) is 7.03. The van der Waals surface area contributed by atoms with Crippen LogP contribution in [-0.2, 0) is 16.6 Å². The number of likely N-dealkylation sites (tertiary alicyclic amines) is 1. The summed E-state index contributed by atoms with van der Waals surface area (Å²) in [7, 11) is 1.80. The van der Waals surface area contributed by atoms with Crippen molar-refractivity contribution in [2.75, 3.05) is 18.4 Å². The minimum Gasteiger partial charge on any atom is -0.344 e. The van der Waals surface area contributed by atoms with E-state index < -0.39 is 6.04 Å². The van der Waals surface area contributed by atoms with Crippen molar-refractivity contribution in [2.24, 2.45) is 29.8 Å². The molecule has 0 radical (unpaired) electrons. The van der Waals surface area contributed by atoms with Crippen molar-refractivity contribution in [3.63, 3.8) is 0 Å². The van der Waals surface area contributed by atoms with Crippen molar-refractivity contribution in [1.82, 2.24) is 14.7 Å². The maximum atomic E-state index is 13.1. The zero-order chi connectivity index (χ0) is 24.2. The van der Waals surface area contributed by atoms with Crippen LogP contribution in [0.25, 0.3) is 0 Å². The van der Waals surface area contributed by atoms with Gasteiger partial charge in [-0.2, -0.15) is 5.10 Å². The summed E-state index contributed by atoms with van der Waals surface area (Å²) in [5.41, 5.74) is 2.42. The van der Waals surface area contributed by atoms with Crippen LogP contribution in [0.1, 0.15) is 61.5 Å². The van der Waals surface area contributed by atoms with E-state index in [1.54, 1.807) is 24.1 Å². The van der Waals surface area contributed by atoms with Gasteiger partial charge in [0.1, 0.15) is 18.2 Å². The quantitative estimate of drug-likeness (QED) is 0.476. The Bertz CT molecular complexity index is 1080. The summed E-state index contributed by atoms with van der Waals surface area (Å²) in [6.45, 7) is 5.43. The number of aryl methyl sites for hydroxylation is 1. The fraction of sp³-hybridized carbons (Fsp3) is 0.500. The van der Waals surface area contributed by atoms with Gasteiger partial charge in [-0.15, -0.1) is 0 Å². The van der Waals surface area contributed by atoms with E-state index in [2.05, 4.69) is 29.3 Å². The van der Waals surface area contributed by atoms with Gasteiger partial charge in [-0.3, -0.25) is 19.3 Å². The Morgan fingerprint density at radius 1 is 1.21 bits per heavy atom. The Hall–Kier alpha value is -3.29. The second-order valence-corrected chi connectivity index (χ2v) is 9.70. The van der Waals surface area contributed by atoms with Crippen molar-refractivity contribution in [2.45, 2.75) is 45.6 Å². The molecule has 3 heterocycles. The molecule has 1 amide bonds. The van der Waals surface area contributed by atoms with Crippen LogP contribution in [0, 0.1) is 17.8 Å². The van der Waals surface area contributed by atoms with Gasteiger partial charge in [0.05, 0.1) is 11.8 Å². The largest absolute Gasteiger partial charge is 0.344 e. The van der Waals surface area contributed by atoms with Crippen molar-refractivity contribution >= 4 is 29.5 Å². The number of aldehydes is 1. The molecule has 180 valence electrons. The van der Waals surface area contributed by atoms with Crippen molar-refractivity contribution < 1.29 is 14.4 Å². The van der Waals surface area contributed by atoms with Crippen LogP contribution in [0.3, 0.4) is 0 Å². The van der Waals surface area contributed by atoms with Crippen LogP contribution < -0.4 is 5.32 Å². The van der Waals surface area contributed by atoms with E-state index in [1.807, 2.05) is 29.2 Å². The lowest BCUT2D eigenvalue weighted by atomic mass is 9.86. The van der Waals surface area contributed by atoms with E-state index in [0.717, 1.165) is 23.4 Å². The minimum absolute atomic E-state index is 0.0599. The summed E-state index contributed by atoms with van der Waals surface area (Å²) < 4.78 is 1.64. The number of amidine groups is 1. The van der Waals surface area contributed by atoms with Crippen LogP contribution in [-0.4, -0.2) is 51.6 Å². The number of aliphatic imine (C=N–C) groups is 1. The van der Waals surface area contributed by atoms with Gasteiger partial charge in [-0.05, 0) is 30.7 Å². The Morgan fingerprint density at radius 3 is 2.59 bits per heavy atom. The molecule has 8 heteroatoms. The minimum atomic E-state index is -0.507. The number of benzene rings is 1. The highest BCUT2D eigenvalue weighted by Gasteiger charge is 2.31. The Labute approximate surface area is 200 Å². The Kier molecular flexibility index (Phi) is 7.24. The lowest BCUT2D eigenvalue weighted by Crippen LogP contribution is -2.41. The van der Waals surface area contributed by atoms with E-state index in [4.69, 9.17) is 0 Å². The van der Waals surface area contributed by atoms with Crippen LogP contribution in [0.5, 0.6) is 0 Å². The summed E-state index contributed by atoms with van der Waals surface area (Å²) in [4.78, 5) is 44.0. The smallest absolute Gasteiger partial charge is 0.222 e. The molecule has 0 spiro atoms. The second kappa shape index (κ2) is 10.3. The number of hydrogen-bond donors (Lipinski definition) is 1. The molecular formula is C26H33N5O3. The van der Waals surface area contributed by atoms with Crippen LogP contribution >= 0.6 is 0 Å². The number of amides is 1. The van der Waals surface area contributed by atoms with Gasteiger partial charge in [-0.25, -0.2) is 0 Å². The second-order valence-electron chi connectivity index (χ2n) is 9.70. The van der Waals surface area contributed by atoms with E-state index in [0.29, 0.717) is 44.3 Å². The molecule has 0 saturated carbocycles. The predicted octanol–water partition coefficient (Wildman–Crippen LogP) is 3.66. The highest BCUT2D eigenvalue weighted by molar-refractivity contribution is 6.00. The molecule has 2 aliphatic heterocycles. The van der Waals surface area contributed by atoms with Gasteiger partial charge in [0.15, 0.2) is 5.78 Å². The molecule has 1 aromatic heterocycles. The third kappa shape index (κ3) is 5.26. The van der Waals surface area contributed by atoms with Gasteiger partial charge >= 0.3 is 0 Å². The SMILES string of the molecule is CC(C)[C@H](CC(=O)N1CCC(C(=O)c2cnn(C)c2)CC1)CC1=NC(C=O)c2ccccc2N1. The molecule has 34 heavy (non-hydrogen) atoms. The number of hydrogen-bond acceptors (Lipinski definition) is 6. The fourth-order valence-corrected chi connectivity index (χ4v) is 4.82. The number of piperidine rings is 1. The number of fused-ring (bicyclic) bond motifs is 1. The molecule has 0 bridgehead atoms. The van der Waals surface area contributed by atoms with Crippen molar-refractivity contribution in [3.05, 3.63) is 47.8 Å². The first-order chi connectivity index (χ1) is 16.4. The Balaban J connectivity index is 1.34. The van der Waals surface area contributed by atoms with Gasteiger partial charge in [0.25, 0.3) is 0 Å². The zero-order valence-corrected chi connectivity index (χ0v) is 20.1. The van der Waals surface area contributed by atoms with Gasteiger partial charge < -0.3 is 15.0 Å². The molecule has 1 saturated heterocycles. The molecule has 2 aliphatic rings. The number of carbonyl (C=O) groups excluding carboxylic acids is 3. The normalized spacial score (nSPS) is 19.2. The summed E-state index contributed by atoms with van der Waals surface area (Å²) in [5, 5.41) is 7.45. The average molecular weight is 464 g/mol. The molecule has 1 N–H and O–H groups in total. The highest BCUT2D eigenvalue weighted by Crippen LogP contribution is 2.31. The number of anilines is 1. The van der Waals surface area contributed by atoms with Crippen molar-refractivity contribution in [1.29, 1.82) is 0 Å². The number of Topliss-reactive ketones (excluding diaryl/α,β-unsaturated/α-hetero) is 1. The number of carbonyl (C=O) groups is 3. The maximum Gasteiger partial charge on any atom is 0.222 e. The third-order valence-electron chi connectivity index (χ3n) is 7.03. The molecule has 2 atom stereocenters. The van der Waals surface area contributed by atoms with E-state index in [-0.39, 0.29) is 29.4 Å². The Morgan fingerprint density at radius 2 is 1.94 bits per heavy atom. The standard InChI is InChI=1S/C26H33N5O3/c1-17(2)19(12-24-28-22-7-5-4-6-21(22)23(16-32)29-24)13-25(33)31-10-8-18(9-11-31)26(34)20-14-27-30(3)15-20/h4-7,14-19,23H,8-13H2,1-3H3,(H,28,29)/t19-,23?/m0/s1. The molecule has 4 rings (SSSR count). The number of ketones is 1. The fourth-order valence-electron chi connectivity index (χ4n) is 4.82. The molecule has 2 aromatic rings. The lowest BCUT2D eigenvalue weighted by molar-refractivity contribution is -0.133. The molecule has 1 fully saturated rings. The topological polar surface area (TPSA) is 96.7 Å². The summed E-state index contributed by atoms with van der Waals surface area (Å²) in [6.07, 6.45) is 6.62. The van der Waals surface area contributed by atoms with E-state index in [1.165, 1.54) is 0 Å². The summed E-state index contributed by atoms with van der Waals surface area (Å²) >= 11 is 0. The number of para-hydroxylation sites is 1. The predicted molar refractivity (Wildman–Crippen MR) is 131 cm³/mol. The van der Waals surface area contributed by atoms with E-state index in [9.17, 15) is 14.4 Å². The molecular weight excluding hydrogens is 430 g/mol. The van der Waals surface area contributed by atoms with E-state index >= 15 is 0 Å². The van der Waals surface area contributed by atoms with Crippen LogP contribution in [0.2, 0.25) is 0 Å². The molecule has 8 nitrogen and oxygen atoms in total. The highest BCUT2D eigenvalue weighted by atomic mass is 16.2. The maximum absolute atomic E-state index is 13.1. The number of nitrogens with one attached hydrogen (secondary N) is 1. The first kappa shape index (κ1) is 23.9. The first-order valence-corrected chi connectivity index (χ1v) is 12.0. The number of rotatable bonds is 8. The average Bonchev–Trinajstić information content (AvgIpc) is 3.28. The van der Waals surface area contributed by atoms with Gasteiger partial charge in [0.2, 0.25) is 5.91 Å². The monoisotopic (exact) mass is 463 g/mol. The number of aromatic nitrogens is 2. The summed E-state index contributed by atoms with van der Waals surface area (Å²) in [6, 6.07) is 7.19. The first-order valence-electron chi connectivity index (χ1n) is 12.0. The van der Waals surface area contributed by atoms with Gasteiger partial charge in [-0.1, -0.05) is 32.0 Å². The zero-order valence-electron chi connectivity index (χ0n) is 20.1. The van der Waals surface area contributed by atoms with Crippen molar-refractivity contribution in [3.8, 4) is 0 Å². The lowest BCUT2D eigenvalue weighted by Gasteiger charge is -2.33. The molecule has 1 aromatic carbocycles. The summed E-state index contributed by atoms with van der Waals surface area (Å²) in [5.74, 6) is 1.32. The van der Waals surface area contributed by atoms with Gasteiger partial charge in [0, 0.05) is 56.3 Å². The molecule has 0 aliphatic carbocycles. The number of nitrogens with zero attached hydrogens (tertiary/aromatic N) is 4. The van der Waals surface area contributed by atoms with Crippen LogP contribution in [0.15, 0.2) is 41.7 Å². The van der Waals surface area contributed by atoms with Crippen LogP contribution in [0.4, 0.5) is 5.69 Å².